The molecule has 2 aromatic rings. The molecule has 2 aliphatic rings. The van der Waals surface area contributed by atoms with Crippen molar-refractivity contribution in [3.8, 4) is 0 Å². The first-order valence-corrected chi connectivity index (χ1v) is 9.69. The van der Waals surface area contributed by atoms with E-state index in [-0.39, 0.29) is 11.3 Å². The van der Waals surface area contributed by atoms with Crippen molar-refractivity contribution >= 4 is 11.7 Å². The molecule has 1 amide bonds. The third-order valence-electron chi connectivity index (χ3n) is 5.29. The van der Waals surface area contributed by atoms with Crippen molar-refractivity contribution in [3.05, 3.63) is 65.6 Å². The predicted molar refractivity (Wildman–Crippen MR) is 103 cm³/mol. The standard InChI is InChI=1S/C21H23N3O5/c25-19(16-3-1-12-29-16)17-18(15-4-6-22-7-5-15)24(21(27)20(17)26)9-2-8-23-10-13-28-14-11-23/h1,3-7,12,18,26H,2,8-11,13-14H2. The SMILES string of the molecule is O=C(C1=C(O)C(=O)N(CCCN2CCOCC2)C1c1ccncc1)c1ccco1. The first-order chi connectivity index (χ1) is 14.2. The monoisotopic (exact) mass is 397 g/mol. The topological polar surface area (TPSA) is 96.1 Å². The highest BCUT2D eigenvalue weighted by atomic mass is 16.5. The fourth-order valence-corrected chi connectivity index (χ4v) is 3.84. The number of morpholine rings is 1. The summed E-state index contributed by atoms with van der Waals surface area (Å²) >= 11 is 0. The van der Waals surface area contributed by atoms with Crippen LogP contribution in [0.2, 0.25) is 0 Å². The molecule has 1 fully saturated rings. The number of aromatic nitrogens is 1. The lowest BCUT2D eigenvalue weighted by molar-refractivity contribution is -0.129. The molecule has 4 rings (SSSR count). The Morgan fingerprint density at radius 2 is 1.93 bits per heavy atom. The van der Waals surface area contributed by atoms with Gasteiger partial charge in [-0.05, 0) is 36.2 Å². The Hall–Kier alpha value is -2.97. The molecule has 0 spiro atoms. The minimum Gasteiger partial charge on any atom is -0.503 e. The molecule has 8 nitrogen and oxygen atoms in total. The predicted octanol–water partition coefficient (Wildman–Crippen LogP) is 1.98. The van der Waals surface area contributed by atoms with Crippen LogP contribution in [-0.4, -0.2) is 71.0 Å². The van der Waals surface area contributed by atoms with E-state index in [0.29, 0.717) is 19.8 Å². The highest BCUT2D eigenvalue weighted by Crippen LogP contribution is 2.38. The van der Waals surface area contributed by atoms with E-state index < -0.39 is 23.5 Å². The molecule has 0 saturated carbocycles. The second-order valence-corrected chi connectivity index (χ2v) is 7.06. The maximum Gasteiger partial charge on any atom is 0.290 e. The molecular formula is C21H23N3O5. The van der Waals surface area contributed by atoms with Crippen molar-refractivity contribution in [1.29, 1.82) is 0 Å². The fraction of sp³-hybridized carbons (Fsp3) is 0.381. The smallest absolute Gasteiger partial charge is 0.290 e. The van der Waals surface area contributed by atoms with Crippen LogP contribution in [0.25, 0.3) is 0 Å². The average molecular weight is 397 g/mol. The van der Waals surface area contributed by atoms with E-state index >= 15 is 0 Å². The molecule has 0 aliphatic carbocycles. The minimum absolute atomic E-state index is 0.0440. The van der Waals surface area contributed by atoms with Crippen molar-refractivity contribution in [3.63, 3.8) is 0 Å². The summed E-state index contributed by atoms with van der Waals surface area (Å²) in [5.74, 6) is -1.45. The molecule has 4 heterocycles. The van der Waals surface area contributed by atoms with Crippen LogP contribution in [0.4, 0.5) is 0 Å². The average Bonchev–Trinajstić information content (AvgIpc) is 3.38. The lowest BCUT2D eigenvalue weighted by atomic mass is 9.96. The number of carbonyl (C=O) groups is 2. The molecule has 1 saturated heterocycles. The Morgan fingerprint density at radius 1 is 1.17 bits per heavy atom. The molecule has 8 heteroatoms. The minimum atomic E-state index is -0.673. The van der Waals surface area contributed by atoms with Gasteiger partial charge in [0.05, 0.1) is 31.1 Å². The molecule has 0 bridgehead atoms. The van der Waals surface area contributed by atoms with Gasteiger partial charge in [-0.1, -0.05) is 0 Å². The Bertz CT molecular complexity index is 888. The Morgan fingerprint density at radius 3 is 2.62 bits per heavy atom. The van der Waals surface area contributed by atoms with Gasteiger partial charge in [0.25, 0.3) is 5.91 Å². The van der Waals surface area contributed by atoms with Crippen LogP contribution in [0.5, 0.6) is 0 Å². The lowest BCUT2D eigenvalue weighted by Gasteiger charge is -2.29. The number of rotatable bonds is 7. The van der Waals surface area contributed by atoms with Gasteiger partial charge < -0.3 is 19.2 Å². The number of hydrogen-bond donors (Lipinski definition) is 1. The van der Waals surface area contributed by atoms with Crippen molar-refractivity contribution in [2.24, 2.45) is 0 Å². The van der Waals surface area contributed by atoms with Gasteiger partial charge in [-0.25, -0.2) is 0 Å². The molecule has 2 aromatic heterocycles. The fourth-order valence-electron chi connectivity index (χ4n) is 3.84. The van der Waals surface area contributed by atoms with Crippen LogP contribution < -0.4 is 0 Å². The maximum atomic E-state index is 13.0. The maximum absolute atomic E-state index is 13.0. The van der Waals surface area contributed by atoms with Crippen LogP contribution in [0.3, 0.4) is 0 Å². The third kappa shape index (κ3) is 3.94. The van der Waals surface area contributed by atoms with Gasteiger partial charge in [0, 0.05) is 38.6 Å². The van der Waals surface area contributed by atoms with Gasteiger partial charge in [-0.2, -0.15) is 0 Å². The van der Waals surface area contributed by atoms with Crippen LogP contribution in [0.15, 0.2) is 58.7 Å². The Kier molecular flexibility index (Phi) is 5.73. The summed E-state index contributed by atoms with van der Waals surface area (Å²) in [4.78, 5) is 33.7. The summed E-state index contributed by atoms with van der Waals surface area (Å²) in [6.45, 7) is 4.40. The number of furan rings is 1. The first-order valence-electron chi connectivity index (χ1n) is 9.69. The van der Waals surface area contributed by atoms with Gasteiger partial charge in [0.2, 0.25) is 5.78 Å². The number of ketones is 1. The zero-order valence-corrected chi connectivity index (χ0v) is 16.0. The molecule has 1 unspecified atom stereocenters. The summed E-state index contributed by atoms with van der Waals surface area (Å²) in [7, 11) is 0. The summed E-state index contributed by atoms with van der Waals surface area (Å²) in [6.07, 6.45) is 5.33. The van der Waals surface area contributed by atoms with Crippen molar-refractivity contribution in [2.75, 3.05) is 39.4 Å². The second kappa shape index (κ2) is 8.59. The van der Waals surface area contributed by atoms with E-state index in [0.717, 1.165) is 31.6 Å². The van der Waals surface area contributed by atoms with Gasteiger partial charge in [0.1, 0.15) is 0 Å². The molecule has 2 aliphatic heterocycles. The Labute approximate surface area is 168 Å². The number of carbonyl (C=O) groups excluding carboxylic acids is 2. The van der Waals surface area contributed by atoms with Crippen LogP contribution >= 0.6 is 0 Å². The largest absolute Gasteiger partial charge is 0.503 e. The molecule has 0 radical (unpaired) electrons. The van der Waals surface area contributed by atoms with E-state index in [9.17, 15) is 14.7 Å². The number of nitrogens with zero attached hydrogens (tertiary/aromatic N) is 3. The zero-order chi connectivity index (χ0) is 20.2. The number of hydrogen-bond acceptors (Lipinski definition) is 7. The highest BCUT2D eigenvalue weighted by Gasteiger charge is 2.44. The third-order valence-corrected chi connectivity index (χ3v) is 5.29. The highest BCUT2D eigenvalue weighted by molar-refractivity contribution is 6.14. The van der Waals surface area contributed by atoms with E-state index in [4.69, 9.17) is 9.15 Å². The second-order valence-electron chi connectivity index (χ2n) is 7.06. The van der Waals surface area contributed by atoms with Crippen molar-refractivity contribution in [2.45, 2.75) is 12.5 Å². The Balaban J connectivity index is 1.57. The molecule has 1 N–H and O–H groups in total. The first kappa shape index (κ1) is 19.4. The summed E-state index contributed by atoms with van der Waals surface area (Å²) in [5, 5.41) is 10.6. The van der Waals surface area contributed by atoms with Crippen LogP contribution in [0.1, 0.15) is 28.6 Å². The van der Waals surface area contributed by atoms with Crippen LogP contribution in [-0.2, 0) is 9.53 Å². The number of amides is 1. The van der Waals surface area contributed by atoms with Crippen LogP contribution in [0, 0.1) is 0 Å². The zero-order valence-electron chi connectivity index (χ0n) is 16.0. The molecule has 1 atom stereocenters. The quantitative estimate of drug-likeness (QED) is 0.714. The van der Waals surface area contributed by atoms with Gasteiger partial charge in [-0.3, -0.25) is 19.5 Å². The molecule has 152 valence electrons. The summed E-state index contributed by atoms with van der Waals surface area (Å²) in [6, 6.07) is 5.95. The summed E-state index contributed by atoms with van der Waals surface area (Å²) < 4.78 is 10.6. The lowest BCUT2D eigenvalue weighted by Crippen LogP contribution is -2.39. The van der Waals surface area contributed by atoms with Crippen molar-refractivity contribution < 1.29 is 23.8 Å². The van der Waals surface area contributed by atoms with Gasteiger partial charge in [0.15, 0.2) is 11.5 Å². The van der Waals surface area contributed by atoms with E-state index in [1.165, 1.54) is 12.3 Å². The normalized spacial score (nSPS) is 20.5. The number of Topliss-reactive ketones (excluding diaryl/α,β-unsaturated/α-hetero) is 1. The van der Waals surface area contributed by atoms with Gasteiger partial charge >= 0.3 is 0 Å². The number of aliphatic hydroxyl groups excluding tert-OH is 1. The van der Waals surface area contributed by atoms with E-state index in [1.807, 2.05) is 0 Å². The number of ether oxygens (including phenoxy) is 1. The number of pyridine rings is 1. The molecular weight excluding hydrogens is 374 g/mol. The van der Waals surface area contributed by atoms with Gasteiger partial charge in [-0.15, -0.1) is 0 Å². The molecule has 0 aromatic carbocycles. The van der Waals surface area contributed by atoms with Crippen molar-refractivity contribution in [1.82, 2.24) is 14.8 Å². The van der Waals surface area contributed by atoms with E-state index in [2.05, 4.69) is 9.88 Å². The number of aliphatic hydroxyl groups is 1. The summed E-state index contributed by atoms with van der Waals surface area (Å²) in [5.41, 5.74) is 0.765. The molecule has 29 heavy (non-hydrogen) atoms. The van der Waals surface area contributed by atoms with E-state index in [1.54, 1.807) is 35.5 Å².